The van der Waals surface area contributed by atoms with Gasteiger partial charge in [0.25, 0.3) is 0 Å². The van der Waals surface area contributed by atoms with E-state index in [9.17, 15) is 4.79 Å². The van der Waals surface area contributed by atoms with Crippen molar-refractivity contribution >= 4 is 32.8 Å². The highest BCUT2D eigenvalue weighted by Gasteiger charge is 2.15. The first-order valence-electron chi connectivity index (χ1n) is 5.44. The predicted molar refractivity (Wildman–Crippen MR) is 71.9 cm³/mol. The van der Waals surface area contributed by atoms with Crippen LogP contribution in [0.1, 0.15) is 12.6 Å². The summed E-state index contributed by atoms with van der Waals surface area (Å²) >= 11 is 3.43. The lowest BCUT2D eigenvalue weighted by molar-refractivity contribution is -0.144. The molecule has 1 unspecified atom stereocenters. The van der Waals surface area contributed by atoms with E-state index in [1.807, 2.05) is 25.1 Å². The second-order valence-electron chi connectivity index (χ2n) is 4.00. The van der Waals surface area contributed by atoms with Gasteiger partial charge in [0, 0.05) is 11.1 Å². The molecule has 0 radical (unpaired) electrons. The number of benzene rings is 1. The van der Waals surface area contributed by atoms with Crippen LogP contribution in [-0.4, -0.2) is 22.2 Å². The molecule has 0 aliphatic rings. The molecule has 0 spiro atoms. The number of aliphatic carboxylic acids is 1. The van der Waals surface area contributed by atoms with Crippen molar-refractivity contribution in [3.8, 4) is 5.75 Å². The number of pyridine rings is 1. The van der Waals surface area contributed by atoms with E-state index in [1.165, 1.54) is 6.92 Å². The summed E-state index contributed by atoms with van der Waals surface area (Å²) in [7, 11) is 0. The third-order valence-electron chi connectivity index (χ3n) is 2.56. The minimum absolute atomic E-state index is 0.503. The van der Waals surface area contributed by atoms with Crippen molar-refractivity contribution < 1.29 is 14.6 Å². The number of hydrogen-bond acceptors (Lipinski definition) is 3. The van der Waals surface area contributed by atoms with Crippen molar-refractivity contribution in [2.75, 3.05) is 0 Å². The average Bonchev–Trinajstić information content (AvgIpc) is 2.32. The van der Waals surface area contributed by atoms with E-state index >= 15 is 0 Å². The Balaban J connectivity index is 2.45. The molecule has 0 saturated heterocycles. The average molecular weight is 310 g/mol. The van der Waals surface area contributed by atoms with E-state index in [4.69, 9.17) is 9.84 Å². The van der Waals surface area contributed by atoms with Gasteiger partial charge in [-0.2, -0.15) is 0 Å². The Hall–Kier alpha value is -1.62. The summed E-state index contributed by atoms with van der Waals surface area (Å²) < 4.78 is 6.09. The standard InChI is InChI=1S/C13H12BrNO3/c1-7-3-4-9-10(15-7)5-6-11(12(9)14)18-8(2)13(16)17/h3-6,8H,1-2H3,(H,16,17). The lowest BCUT2D eigenvalue weighted by Gasteiger charge is -2.13. The maximum Gasteiger partial charge on any atom is 0.344 e. The van der Waals surface area contributed by atoms with Crippen LogP contribution < -0.4 is 4.74 Å². The van der Waals surface area contributed by atoms with Gasteiger partial charge in [-0.15, -0.1) is 0 Å². The van der Waals surface area contributed by atoms with Crippen molar-refractivity contribution in [3.05, 3.63) is 34.4 Å². The fraction of sp³-hybridized carbons (Fsp3) is 0.231. The molecule has 0 aliphatic heterocycles. The second kappa shape index (κ2) is 4.94. The molecular weight excluding hydrogens is 298 g/mol. The van der Waals surface area contributed by atoms with Gasteiger partial charge in [0.1, 0.15) is 5.75 Å². The normalized spacial score (nSPS) is 12.4. The number of halogens is 1. The van der Waals surface area contributed by atoms with Gasteiger partial charge in [-0.25, -0.2) is 4.79 Å². The highest BCUT2D eigenvalue weighted by Crippen LogP contribution is 2.33. The van der Waals surface area contributed by atoms with Crippen molar-refractivity contribution in [3.63, 3.8) is 0 Å². The largest absolute Gasteiger partial charge is 0.479 e. The molecular formula is C13H12BrNO3. The van der Waals surface area contributed by atoms with Gasteiger partial charge >= 0.3 is 5.97 Å². The lowest BCUT2D eigenvalue weighted by Crippen LogP contribution is -2.23. The van der Waals surface area contributed by atoms with Crippen LogP contribution in [0.15, 0.2) is 28.7 Å². The Bertz CT molecular complexity index is 612. The summed E-state index contributed by atoms with van der Waals surface area (Å²) in [5.74, 6) is -0.493. The van der Waals surface area contributed by atoms with Gasteiger partial charge in [0.05, 0.1) is 9.99 Å². The van der Waals surface area contributed by atoms with E-state index in [0.717, 1.165) is 21.1 Å². The van der Waals surface area contributed by atoms with Gasteiger partial charge in [0.15, 0.2) is 6.10 Å². The topological polar surface area (TPSA) is 59.4 Å². The van der Waals surface area contributed by atoms with Crippen LogP contribution in [0.2, 0.25) is 0 Å². The number of rotatable bonds is 3. The SMILES string of the molecule is Cc1ccc2c(Br)c(OC(C)C(=O)O)ccc2n1. The number of fused-ring (bicyclic) bond motifs is 1. The Morgan fingerprint density at radius 3 is 2.78 bits per heavy atom. The van der Waals surface area contributed by atoms with Crippen LogP contribution in [0, 0.1) is 6.92 Å². The molecule has 1 aromatic carbocycles. The molecule has 1 aromatic heterocycles. The highest BCUT2D eigenvalue weighted by molar-refractivity contribution is 9.10. The van der Waals surface area contributed by atoms with Crippen LogP contribution in [0.3, 0.4) is 0 Å². The Morgan fingerprint density at radius 1 is 1.39 bits per heavy atom. The fourth-order valence-electron chi connectivity index (χ4n) is 1.58. The van der Waals surface area contributed by atoms with Crippen LogP contribution in [0.4, 0.5) is 0 Å². The molecule has 1 atom stereocenters. The molecule has 18 heavy (non-hydrogen) atoms. The summed E-state index contributed by atoms with van der Waals surface area (Å²) in [6.07, 6.45) is -0.892. The Morgan fingerprint density at radius 2 is 2.11 bits per heavy atom. The maximum atomic E-state index is 10.8. The Kier molecular flexibility index (Phi) is 3.52. The van der Waals surface area contributed by atoms with Crippen molar-refractivity contribution in [1.29, 1.82) is 0 Å². The number of aromatic nitrogens is 1. The molecule has 2 aromatic rings. The van der Waals surface area contributed by atoms with Crippen molar-refractivity contribution in [2.24, 2.45) is 0 Å². The fourth-order valence-corrected chi connectivity index (χ4v) is 2.14. The zero-order chi connectivity index (χ0) is 13.3. The number of carboxylic acids is 1. The van der Waals surface area contributed by atoms with Gasteiger partial charge in [-0.05, 0) is 54.0 Å². The van der Waals surface area contributed by atoms with Gasteiger partial charge < -0.3 is 9.84 Å². The molecule has 0 fully saturated rings. The number of carbonyl (C=O) groups is 1. The minimum Gasteiger partial charge on any atom is -0.479 e. The first-order valence-corrected chi connectivity index (χ1v) is 6.23. The molecule has 2 rings (SSSR count). The monoisotopic (exact) mass is 309 g/mol. The third kappa shape index (κ3) is 2.46. The van der Waals surface area contributed by atoms with Crippen molar-refractivity contribution in [2.45, 2.75) is 20.0 Å². The zero-order valence-electron chi connectivity index (χ0n) is 9.98. The molecule has 1 heterocycles. The lowest BCUT2D eigenvalue weighted by atomic mass is 10.2. The smallest absolute Gasteiger partial charge is 0.344 e. The Labute approximate surface area is 113 Å². The number of aryl methyl sites for hydroxylation is 1. The molecule has 94 valence electrons. The molecule has 0 saturated carbocycles. The van der Waals surface area contributed by atoms with E-state index in [1.54, 1.807) is 6.07 Å². The zero-order valence-corrected chi connectivity index (χ0v) is 11.6. The third-order valence-corrected chi connectivity index (χ3v) is 3.38. The summed E-state index contributed by atoms with van der Waals surface area (Å²) in [6.45, 7) is 3.41. The maximum absolute atomic E-state index is 10.8. The molecule has 4 nitrogen and oxygen atoms in total. The summed E-state index contributed by atoms with van der Waals surface area (Å²) in [5.41, 5.74) is 1.78. The van der Waals surface area contributed by atoms with Crippen LogP contribution in [-0.2, 0) is 4.79 Å². The summed E-state index contributed by atoms with van der Waals surface area (Å²) in [5, 5.41) is 9.73. The molecule has 0 amide bonds. The molecule has 0 aliphatic carbocycles. The van der Waals surface area contributed by atoms with Crippen LogP contribution in [0.25, 0.3) is 10.9 Å². The first-order chi connectivity index (χ1) is 8.49. The quantitative estimate of drug-likeness (QED) is 0.946. The van der Waals surface area contributed by atoms with Gasteiger partial charge in [-0.3, -0.25) is 4.98 Å². The minimum atomic E-state index is -0.996. The van der Waals surface area contributed by atoms with Crippen LogP contribution >= 0.6 is 15.9 Å². The number of ether oxygens (including phenoxy) is 1. The number of carboxylic acid groups (broad SMARTS) is 1. The van der Waals surface area contributed by atoms with E-state index in [-0.39, 0.29) is 0 Å². The van der Waals surface area contributed by atoms with Crippen molar-refractivity contribution in [1.82, 2.24) is 4.98 Å². The summed E-state index contributed by atoms with van der Waals surface area (Å²) in [4.78, 5) is 15.2. The van der Waals surface area contributed by atoms with Gasteiger partial charge in [-0.1, -0.05) is 0 Å². The van der Waals surface area contributed by atoms with Gasteiger partial charge in [0.2, 0.25) is 0 Å². The van der Waals surface area contributed by atoms with Crippen LogP contribution in [0.5, 0.6) is 5.75 Å². The van der Waals surface area contributed by atoms with E-state index in [2.05, 4.69) is 20.9 Å². The first kappa shape index (κ1) is 12.8. The molecule has 1 N–H and O–H groups in total. The van der Waals surface area contributed by atoms with E-state index in [0.29, 0.717) is 5.75 Å². The summed E-state index contributed by atoms with van der Waals surface area (Å²) in [6, 6.07) is 7.37. The molecule has 5 heteroatoms. The number of nitrogens with zero attached hydrogens (tertiary/aromatic N) is 1. The molecule has 0 bridgehead atoms. The highest BCUT2D eigenvalue weighted by atomic mass is 79.9. The predicted octanol–water partition coefficient (Wildman–Crippen LogP) is 3.16. The number of hydrogen-bond donors (Lipinski definition) is 1. The van der Waals surface area contributed by atoms with E-state index < -0.39 is 12.1 Å². The second-order valence-corrected chi connectivity index (χ2v) is 4.79.